The molecule has 1 aliphatic heterocycles. The van der Waals surface area contributed by atoms with Gasteiger partial charge >= 0.3 is 6.09 Å². The minimum absolute atomic E-state index is 0.124. The zero-order valence-corrected chi connectivity index (χ0v) is 17.1. The Kier molecular flexibility index (Phi) is 5.56. The second-order valence-corrected chi connectivity index (χ2v) is 8.18. The minimum atomic E-state index is -0.572. The van der Waals surface area contributed by atoms with Gasteiger partial charge in [0.05, 0.1) is 31.4 Å². The average Bonchev–Trinajstić information content (AvgIpc) is 3.05. The van der Waals surface area contributed by atoms with Gasteiger partial charge in [-0.3, -0.25) is 5.10 Å². The van der Waals surface area contributed by atoms with Crippen LogP contribution in [0.1, 0.15) is 20.8 Å². The van der Waals surface area contributed by atoms with Crippen molar-refractivity contribution in [2.75, 3.05) is 39.1 Å². The van der Waals surface area contributed by atoms with Crippen LogP contribution >= 0.6 is 0 Å². The van der Waals surface area contributed by atoms with Crippen LogP contribution in [-0.2, 0) is 4.74 Å². The molecule has 4 N–H and O–H groups in total. The van der Waals surface area contributed by atoms with Crippen LogP contribution in [0.4, 0.5) is 10.6 Å². The van der Waals surface area contributed by atoms with E-state index in [-0.39, 0.29) is 13.2 Å². The van der Waals surface area contributed by atoms with Crippen LogP contribution in [0.3, 0.4) is 0 Å². The molecule has 10 nitrogen and oxygen atoms in total. The van der Waals surface area contributed by atoms with E-state index in [2.05, 4.69) is 15.2 Å². The molecule has 0 radical (unpaired) electrons. The van der Waals surface area contributed by atoms with E-state index < -0.39 is 17.1 Å². The van der Waals surface area contributed by atoms with E-state index in [1.165, 1.54) is 7.11 Å². The Morgan fingerprint density at radius 3 is 2.69 bits per heavy atom. The van der Waals surface area contributed by atoms with Gasteiger partial charge in [-0.2, -0.15) is 5.10 Å². The molecule has 0 aliphatic carbocycles. The van der Waals surface area contributed by atoms with Gasteiger partial charge in [-0.25, -0.2) is 9.78 Å². The molecule has 3 rings (SSSR count). The molecule has 0 unspecified atom stereocenters. The van der Waals surface area contributed by atoms with E-state index in [1.807, 2.05) is 20.8 Å². The number of nitrogen functional groups attached to an aromatic ring is 1. The summed E-state index contributed by atoms with van der Waals surface area (Å²) >= 11 is 0. The molecule has 0 aromatic carbocycles. The zero-order valence-electron chi connectivity index (χ0n) is 17.1. The molecule has 2 aromatic heterocycles. The summed E-state index contributed by atoms with van der Waals surface area (Å²) in [6.45, 7) is 6.20. The number of carbonyl (C=O) groups is 1. The molecule has 1 saturated heterocycles. The number of aromatic amines is 1. The number of nitrogens with one attached hydrogen (secondary N) is 1. The molecule has 1 aliphatic rings. The number of aliphatic hydroxyl groups excluding tert-OH is 1. The highest BCUT2D eigenvalue weighted by Gasteiger charge is 2.47. The first kappa shape index (κ1) is 20.7. The van der Waals surface area contributed by atoms with Gasteiger partial charge in [0.1, 0.15) is 22.7 Å². The second kappa shape index (κ2) is 7.78. The van der Waals surface area contributed by atoms with Crippen LogP contribution in [0.5, 0.6) is 11.6 Å². The number of H-pyrrole nitrogens is 1. The van der Waals surface area contributed by atoms with Crippen LogP contribution in [0, 0.1) is 5.41 Å². The lowest BCUT2D eigenvalue weighted by atomic mass is 9.81. The molecule has 0 bridgehead atoms. The summed E-state index contributed by atoms with van der Waals surface area (Å²) in [5.74, 6) is 1.19. The van der Waals surface area contributed by atoms with Gasteiger partial charge in [-0.1, -0.05) is 0 Å². The fourth-order valence-electron chi connectivity index (χ4n) is 3.10. The molecular formula is C19H27N5O5. The van der Waals surface area contributed by atoms with Crippen molar-refractivity contribution < 1.29 is 24.1 Å². The van der Waals surface area contributed by atoms with Crippen molar-refractivity contribution in [3.05, 3.63) is 18.3 Å². The number of nitrogens with two attached hydrogens (primary N) is 1. The maximum absolute atomic E-state index is 12.2. The smallest absolute Gasteiger partial charge is 0.410 e. The largest absolute Gasteiger partial charge is 0.492 e. The predicted molar refractivity (Wildman–Crippen MR) is 106 cm³/mol. The van der Waals surface area contributed by atoms with E-state index in [0.717, 1.165) is 0 Å². The number of rotatable bonds is 6. The molecule has 3 heterocycles. The summed E-state index contributed by atoms with van der Waals surface area (Å²) in [7, 11) is 1.51. The topological polar surface area (TPSA) is 136 Å². The van der Waals surface area contributed by atoms with Crippen LogP contribution in [0.25, 0.3) is 11.3 Å². The highest BCUT2D eigenvalue weighted by molar-refractivity contribution is 5.73. The van der Waals surface area contributed by atoms with E-state index in [0.29, 0.717) is 41.8 Å². The molecule has 0 atom stereocenters. The Morgan fingerprint density at radius 1 is 1.41 bits per heavy atom. The minimum Gasteiger partial charge on any atom is -0.492 e. The number of methoxy groups -OCH3 is 1. The number of nitrogens with zero attached hydrogens (tertiary/aromatic N) is 3. The normalized spacial score (nSPS) is 15.6. The number of pyridine rings is 1. The molecule has 10 heteroatoms. The van der Waals surface area contributed by atoms with Crippen molar-refractivity contribution >= 4 is 11.9 Å². The van der Waals surface area contributed by atoms with Crippen molar-refractivity contribution in [3.63, 3.8) is 0 Å². The zero-order chi connectivity index (χ0) is 21.2. The number of amides is 1. The van der Waals surface area contributed by atoms with Crippen LogP contribution < -0.4 is 15.2 Å². The molecule has 0 saturated carbocycles. The van der Waals surface area contributed by atoms with Gasteiger partial charge in [0.15, 0.2) is 0 Å². The first-order valence-electron chi connectivity index (χ1n) is 9.22. The van der Waals surface area contributed by atoms with Crippen LogP contribution in [0.15, 0.2) is 18.3 Å². The molecule has 158 valence electrons. The van der Waals surface area contributed by atoms with E-state index >= 15 is 0 Å². The lowest BCUT2D eigenvalue weighted by molar-refractivity contribution is -0.0741. The Balaban J connectivity index is 1.72. The van der Waals surface area contributed by atoms with Crippen molar-refractivity contribution in [2.45, 2.75) is 26.4 Å². The number of likely N-dealkylation sites (tertiary alicyclic amines) is 1. The predicted octanol–water partition coefficient (Wildman–Crippen LogP) is 1.67. The number of aliphatic hydroxyl groups is 1. The number of aromatic nitrogens is 3. The van der Waals surface area contributed by atoms with E-state index in [1.54, 1.807) is 23.2 Å². The Hall–Kier alpha value is -3.01. The maximum atomic E-state index is 12.2. The summed E-state index contributed by atoms with van der Waals surface area (Å²) in [6, 6.07) is 3.35. The monoisotopic (exact) mass is 405 g/mol. The number of ether oxygens (including phenoxy) is 3. The molecule has 2 aromatic rings. The van der Waals surface area contributed by atoms with Gasteiger partial charge in [0, 0.05) is 25.4 Å². The van der Waals surface area contributed by atoms with E-state index in [9.17, 15) is 9.90 Å². The molecule has 0 spiro atoms. The van der Waals surface area contributed by atoms with Crippen molar-refractivity contribution in [1.29, 1.82) is 0 Å². The van der Waals surface area contributed by atoms with Crippen molar-refractivity contribution in [1.82, 2.24) is 20.1 Å². The van der Waals surface area contributed by atoms with E-state index in [4.69, 9.17) is 19.9 Å². The highest BCUT2D eigenvalue weighted by atomic mass is 16.6. The summed E-state index contributed by atoms with van der Waals surface area (Å²) in [4.78, 5) is 17.9. The van der Waals surface area contributed by atoms with Gasteiger partial charge in [0.25, 0.3) is 0 Å². The standard InChI is InChI=1S/C19H27N5O5/c1-18(2,3)29-17(26)24-8-19(9-24,10-25)11-28-13-5-6-21-16(27-4)15(13)12-7-14(20)23-22-12/h5-7,25H,8-11H2,1-4H3,(H3,20,22,23). The highest BCUT2D eigenvalue weighted by Crippen LogP contribution is 2.38. The first-order chi connectivity index (χ1) is 13.7. The molecule has 29 heavy (non-hydrogen) atoms. The summed E-state index contributed by atoms with van der Waals surface area (Å²) in [5.41, 5.74) is 5.75. The van der Waals surface area contributed by atoms with Gasteiger partial charge in [-0.05, 0) is 26.8 Å². The SMILES string of the molecule is COc1nccc(OCC2(CO)CN(C(=O)OC(C)(C)C)C2)c1-c1cc(N)n[nH]1. The fraction of sp³-hybridized carbons (Fsp3) is 0.526. The summed E-state index contributed by atoms with van der Waals surface area (Å²) in [5, 5.41) is 16.7. The summed E-state index contributed by atoms with van der Waals surface area (Å²) in [6.07, 6.45) is 1.16. The third-order valence-electron chi connectivity index (χ3n) is 4.51. The van der Waals surface area contributed by atoms with Gasteiger partial charge in [0.2, 0.25) is 5.88 Å². The Bertz CT molecular complexity index is 870. The molecular weight excluding hydrogens is 378 g/mol. The Labute approximate surface area is 169 Å². The Morgan fingerprint density at radius 2 is 2.14 bits per heavy atom. The summed E-state index contributed by atoms with van der Waals surface area (Å²) < 4.78 is 16.7. The average molecular weight is 405 g/mol. The quantitative estimate of drug-likeness (QED) is 0.660. The van der Waals surface area contributed by atoms with Crippen molar-refractivity contribution in [3.8, 4) is 22.9 Å². The number of hydrogen-bond donors (Lipinski definition) is 3. The van der Waals surface area contributed by atoms with Gasteiger partial charge < -0.3 is 30.0 Å². The lowest BCUT2D eigenvalue weighted by Gasteiger charge is -2.48. The second-order valence-electron chi connectivity index (χ2n) is 8.18. The molecule has 1 amide bonds. The lowest BCUT2D eigenvalue weighted by Crippen LogP contribution is -2.63. The number of carbonyl (C=O) groups excluding carboxylic acids is 1. The van der Waals surface area contributed by atoms with Crippen LogP contribution in [-0.4, -0.2) is 70.3 Å². The maximum Gasteiger partial charge on any atom is 0.410 e. The van der Waals surface area contributed by atoms with Crippen molar-refractivity contribution in [2.24, 2.45) is 5.41 Å². The number of anilines is 1. The molecule has 1 fully saturated rings. The van der Waals surface area contributed by atoms with Gasteiger partial charge in [-0.15, -0.1) is 0 Å². The fourth-order valence-corrected chi connectivity index (χ4v) is 3.10. The number of hydrogen-bond acceptors (Lipinski definition) is 8. The first-order valence-corrected chi connectivity index (χ1v) is 9.22. The third kappa shape index (κ3) is 4.53. The van der Waals surface area contributed by atoms with Crippen LogP contribution in [0.2, 0.25) is 0 Å². The third-order valence-corrected chi connectivity index (χ3v) is 4.51.